The number of carbonyl (C=O) groups is 1. The molecule has 0 saturated carbocycles. The molecular formula is C18H14N2O2. The number of hydrogen-bond donors (Lipinski definition) is 0. The molecule has 0 aliphatic rings. The SMILES string of the molecule is CC(=O)c1cc(=O)n(-c2ccccc2)nc1-c1ccccc1. The third-order valence-electron chi connectivity index (χ3n) is 3.36. The van der Waals surface area contributed by atoms with Gasteiger partial charge in [-0.25, -0.2) is 0 Å². The minimum atomic E-state index is -0.323. The first-order chi connectivity index (χ1) is 10.7. The van der Waals surface area contributed by atoms with Crippen molar-refractivity contribution in [2.45, 2.75) is 6.92 Å². The second-order valence-electron chi connectivity index (χ2n) is 4.91. The summed E-state index contributed by atoms with van der Waals surface area (Å²) in [6.45, 7) is 1.44. The molecule has 3 rings (SSSR count). The number of Topliss-reactive ketones (excluding diaryl/α,β-unsaturated/α-hetero) is 1. The van der Waals surface area contributed by atoms with Crippen molar-refractivity contribution < 1.29 is 4.79 Å². The van der Waals surface area contributed by atoms with Crippen molar-refractivity contribution in [3.63, 3.8) is 0 Å². The summed E-state index contributed by atoms with van der Waals surface area (Å²) in [4.78, 5) is 24.1. The number of para-hydroxylation sites is 1. The molecule has 4 nitrogen and oxygen atoms in total. The van der Waals surface area contributed by atoms with E-state index in [9.17, 15) is 9.59 Å². The zero-order valence-electron chi connectivity index (χ0n) is 12.1. The Morgan fingerprint density at radius 1 is 0.955 bits per heavy atom. The second-order valence-corrected chi connectivity index (χ2v) is 4.91. The molecule has 0 amide bonds. The molecule has 0 atom stereocenters. The Balaban J connectivity index is 2.28. The Labute approximate surface area is 127 Å². The minimum Gasteiger partial charge on any atom is -0.294 e. The summed E-state index contributed by atoms with van der Waals surface area (Å²) in [5, 5.41) is 4.42. The van der Waals surface area contributed by atoms with Crippen LogP contribution < -0.4 is 5.56 Å². The molecule has 0 fully saturated rings. The lowest BCUT2D eigenvalue weighted by molar-refractivity contribution is 0.101. The third-order valence-corrected chi connectivity index (χ3v) is 3.36. The summed E-state index contributed by atoms with van der Waals surface area (Å²) >= 11 is 0. The topological polar surface area (TPSA) is 52.0 Å². The number of nitrogens with zero attached hydrogens (tertiary/aromatic N) is 2. The van der Waals surface area contributed by atoms with Gasteiger partial charge >= 0.3 is 0 Å². The first kappa shape index (κ1) is 13.9. The molecule has 0 bridgehead atoms. The normalized spacial score (nSPS) is 10.4. The van der Waals surface area contributed by atoms with Crippen molar-refractivity contribution in [2.24, 2.45) is 0 Å². The van der Waals surface area contributed by atoms with Crippen molar-refractivity contribution in [3.05, 3.63) is 82.6 Å². The molecule has 0 aliphatic carbocycles. The summed E-state index contributed by atoms with van der Waals surface area (Å²) in [6.07, 6.45) is 0. The average Bonchev–Trinajstić information content (AvgIpc) is 2.56. The molecule has 0 spiro atoms. The summed E-state index contributed by atoms with van der Waals surface area (Å²) < 4.78 is 1.31. The fraction of sp³-hybridized carbons (Fsp3) is 0.0556. The van der Waals surface area contributed by atoms with Crippen LogP contribution in [0.25, 0.3) is 16.9 Å². The number of benzene rings is 2. The molecule has 0 radical (unpaired) electrons. The van der Waals surface area contributed by atoms with E-state index >= 15 is 0 Å². The second kappa shape index (κ2) is 5.77. The van der Waals surface area contributed by atoms with Gasteiger partial charge in [0.15, 0.2) is 5.78 Å². The van der Waals surface area contributed by atoms with Crippen molar-refractivity contribution in [3.8, 4) is 16.9 Å². The molecule has 3 aromatic rings. The van der Waals surface area contributed by atoms with Gasteiger partial charge in [0.05, 0.1) is 11.3 Å². The molecule has 4 heteroatoms. The highest BCUT2D eigenvalue weighted by Gasteiger charge is 2.14. The smallest absolute Gasteiger partial charge is 0.272 e. The van der Waals surface area contributed by atoms with Crippen molar-refractivity contribution in [1.29, 1.82) is 0 Å². The summed E-state index contributed by atoms with van der Waals surface area (Å²) in [5.74, 6) is -0.177. The quantitative estimate of drug-likeness (QED) is 0.696. The number of rotatable bonds is 3. The van der Waals surface area contributed by atoms with Crippen LogP contribution in [-0.4, -0.2) is 15.6 Å². The maximum atomic E-state index is 12.3. The highest BCUT2D eigenvalue weighted by molar-refractivity contribution is 5.99. The standard InChI is InChI=1S/C18H14N2O2/c1-13(21)16-12-17(22)20(15-10-6-3-7-11-15)19-18(16)14-8-4-2-5-9-14/h2-12H,1H3. The van der Waals surface area contributed by atoms with E-state index in [0.717, 1.165) is 5.56 Å². The van der Waals surface area contributed by atoms with Crippen LogP contribution in [0.5, 0.6) is 0 Å². The fourth-order valence-corrected chi connectivity index (χ4v) is 2.29. The number of aromatic nitrogens is 2. The maximum absolute atomic E-state index is 12.3. The lowest BCUT2D eigenvalue weighted by atomic mass is 10.0. The molecule has 2 aromatic carbocycles. The van der Waals surface area contributed by atoms with E-state index in [1.807, 2.05) is 48.5 Å². The van der Waals surface area contributed by atoms with Crippen molar-refractivity contribution in [2.75, 3.05) is 0 Å². The van der Waals surface area contributed by atoms with Crippen LogP contribution in [0.4, 0.5) is 0 Å². The monoisotopic (exact) mass is 290 g/mol. The van der Waals surface area contributed by atoms with Gasteiger partial charge in [-0.3, -0.25) is 9.59 Å². The first-order valence-electron chi connectivity index (χ1n) is 6.93. The van der Waals surface area contributed by atoms with Gasteiger partial charge in [-0.2, -0.15) is 9.78 Å². The van der Waals surface area contributed by atoms with Crippen LogP contribution in [0.2, 0.25) is 0 Å². The molecule has 22 heavy (non-hydrogen) atoms. The van der Waals surface area contributed by atoms with Crippen LogP contribution in [-0.2, 0) is 0 Å². The van der Waals surface area contributed by atoms with Gasteiger partial charge in [-0.05, 0) is 19.1 Å². The van der Waals surface area contributed by atoms with E-state index < -0.39 is 0 Å². The van der Waals surface area contributed by atoms with Crippen LogP contribution in [0.1, 0.15) is 17.3 Å². The van der Waals surface area contributed by atoms with E-state index in [1.165, 1.54) is 17.7 Å². The largest absolute Gasteiger partial charge is 0.294 e. The number of carbonyl (C=O) groups excluding carboxylic acids is 1. The summed E-state index contributed by atoms with van der Waals surface area (Å²) in [5.41, 5.74) is 1.99. The molecule has 0 N–H and O–H groups in total. The van der Waals surface area contributed by atoms with Gasteiger partial charge in [0, 0.05) is 11.6 Å². The summed E-state index contributed by atoms with van der Waals surface area (Å²) in [7, 11) is 0. The Hall–Kier alpha value is -3.01. The summed E-state index contributed by atoms with van der Waals surface area (Å²) in [6, 6.07) is 19.9. The molecule has 0 aliphatic heterocycles. The number of ketones is 1. The Bertz CT molecular complexity index is 869. The van der Waals surface area contributed by atoms with Crippen LogP contribution >= 0.6 is 0 Å². The highest BCUT2D eigenvalue weighted by atomic mass is 16.1. The maximum Gasteiger partial charge on any atom is 0.272 e. The zero-order chi connectivity index (χ0) is 15.5. The van der Waals surface area contributed by atoms with Gasteiger partial charge in [0.25, 0.3) is 5.56 Å². The average molecular weight is 290 g/mol. The van der Waals surface area contributed by atoms with Gasteiger partial charge in [0.1, 0.15) is 5.69 Å². The van der Waals surface area contributed by atoms with Gasteiger partial charge in [-0.15, -0.1) is 0 Å². The highest BCUT2D eigenvalue weighted by Crippen LogP contribution is 2.20. The van der Waals surface area contributed by atoms with Gasteiger partial charge < -0.3 is 0 Å². The van der Waals surface area contributed by atoms with Crippen LogP contribution in [0.15, 0.2) is 71.5 Å². The Morgan fingerprint density at radius 2 is 1.55 bits per heavy atom. The molecule has 108 valence electrons. The number of hydrogen-bond acceptors (Lipinski definition) is 3. The zero-order valence-corrected chi connectivity index (χ0v) is 12.1. The molecule has 0 unspecified atom stereocenters. The predicted molar refractivity (Wildman–Crippen MR) is 85.3 cm³/mol. The third kappa shape index (κ3) is 2.59. The molecule has 1 heterocycles. The fourth-order valence-electron chi connectivity index (χ4n) is 2.29. The van der Waals surface area contributed by atoms with Crippen molar-refractivity contribution >= 4 is 5.78 Å². The predicted octanol–water partition coefficient (Wildman–Crippen LogP) is 3.10. The van der Waals surface area contributed by atoms with Crippen LogP contribution in [0, 0.1) is 0 Å². The Kier molecular flexibility index (Phi) is 3.66. The Morgan fingerprint density at radius 3 is 2.14 bits per heavy atom. The van der Waals surface area contributed by atoms with Crippen molar-refractivity contribution in [1.82, 2.24) is 9.78 Å². The molecule has 0 saturated heterocycles. The van der Waals surface area contributed by atoms with E-state index in [-0.39, 0.29) is 11.3 Å². The van der Waals surface area contributed by atoms with E-state index in [1.54, 1.807) is 12.1 Å². The van der Waals surface area contributed by atoms with Gasteiger partial charge in [0.2, 0.25) is 0 Å². The minimum absolute atomic E-state index is 0.177. The first-order valence-corrected chi connectivity index (χ1v) is 6.93. The van der Waals surface area contributed by atoms with E-state index in [2.05, 4.69) is 5.10 Å². The van der Waals surface area contributed by atoms with Gasteiger partial charge in [-0.1, -0.05) is 48.5 Å². The lowest BCUT2D eigenvalue weighted by Gasteiger charge is -2.10. The molecule has 1 aromatic heterocycles. The molecular weight excluding hydrogens is 276 g/mol. The lowest BCUT2D eigenvalue weighted by Crippen LogP contribution is -2.23. The van der Waals surface area contributed by atoms with E-state index in [0.29, 0.717) is 16.9 Å². The van der Waals surface area contributed by atoms with Crippen LogP contribution in [0.3, 0.4) is 0 Å². The van der Waals surface area contributed by atoms with E-state index in [4.69, 9.17) is 0 Å².